The lowest BCUT2D eigenvalue weighted by Gasteiger charge is -2.19. The number of hydrogen-bond donors (Lipinski definition) is 0. The summed E-state index contributed by atoms with van der Waals surface area (Å²) >= 11 is 0. The number of anilines is 1. The minimum atomic E-state index is 0.0735. The first-order chi connectivity index (χ1) is 6.29. The molecule has 3 heteroatoms. The zero-order chi connectivity index (χ0) is 9.26. The maximum absolute atomic E-state index is 11.3. The number of rotatable bonds is 1. The molecule has 3 nitrogen and oxygen atoms in total. The van der Waals surface area contributed by atoms with Gasteiger partial charge in [-0.2, -0.15) is 0 Å². The van der Waals surface area contributed by atoms with Crippen molar-refractivity contribution in [1.82, 2.24) is 4.57 Å². The fourth-order valence-electron chi connectivity index (χ4n) is 1.82. The van der Waals surface area contributed by atoms with Gasteiger partial charge < -0.3 is 4.90 Å². The second-order valence-electron chi connectivity index (χ2n) is 3.48. The molecule has 1 aliphatic heterocycles. The summed E-state index contributed by atoms with van der Waals surface area (Å²) in [5.74, 6) is 1.05. The van der Waals surface area contributed by atoms with E-state index in [0.717, 1.165) is 18.9 Å². The molecule has 0 unspecified atom stereocenters. The summed E-state index contributed by atoms with van der Waals surface area (Å²) < 4.78 is 1.71. The molecule has 1 saturated heterocycles. The lowest BCUT2D eigenvalue weighted by molar-refractivity contribution is 0.800. The second-order valence-corrected chi connectivity index (χ2v) is 3.48. The van der Waals surface area contributed by atoms with Crippen molar-refractivity contribution in [2.24, 2.45) is 7.05 Å². The van der Waals surface area contributed by atoms with E-state index in [9.17, 15) is 4.79 Å². The highest BCUT2D eigenvalue weighted by molar-refractivity contribution is 5.40. The predicted molar refractivity (Wildman–Crippen MR) is 53.1 cm³/mol. The molecule has 0 amide bonds. The fourth-order valence-corrected chi connectivity index (χ4v) is 1.82. The summed E-state index contributed by atoms with van der Waals surface area (Å²) in [5.41, 5.74) is 0.0735. The normalized spacial score (nSPS) is 16.5. The van der Waals surface area contributed by atoms with Crippen molar-refractivity contribution < 1.29 is 0 Å². The molecule has 0 radical (unpaired) electrons. The van der Waals surface area contributed by atoms with Crippen LogP contribution in [0, 0.1) is 0 Å². The molecule has 0 aliphatic carbocycles. The summed E-state index contributed by atoms with van der Waals surface area (Å²) in [6, 6.07) is 5.43. The Morgan fingerprint density at radius 2 is 1.92 bits per heavy atom. The zero-order valence-corrected chi connectivity index (χ0v) is 7.86. The highest BCUT2D eigenvalue weighted by Crippen LogP contribution is 2.16. The number of nitrogens with zero attached hydrogens (tertiary/aromatic N) is 2. The van der Waals surface area contributed by atoms with Gasteiger partial charge in [0.2, 0.25) is 0 Å². The van der Waals surface area contributed by atoms with Crippen molar-refractivity contribution in [3.05, 3.63) is 28.6 Å². The molecule has 0 atom stereocenters. The first kappa shape index (κ1) is 8.35. The molecule has 0 N–H and O–H groups in total. The van der Waals surface area contributed by atoms with E-state index in [-0.39, 0.29) is 5.56 Å². The molecule has 2 rings (SSSR count). The van der Waals surface area contributed by atoms with Gasteiger partial charge in [-0.3, -0.25) is 9.36 Å². The van der Waals surface area contributed by atoms with Crippen molar-refractivity contribution in [3.63, 3.8) is 0 Å². The van der Waals surface area contributed by atoms with Crippen LogP contribution in [0.4, 0.5) is 5.82 Å². The number of hydrogen-bond acceptors (Lipinski definition) is 2. The van der Waals surface area contributed by atoms with E-state index >= 15 is 0 Å². The third-order valence-electron chi connectivity index (χ3n) is 2.59. The first-order valence-corrected chi connectivity index (χ1v) is 4.70. The molecule has 0 saturated carbocycles. The monoisotopic (exact) mass is 178 g/mol. The fraction of sp³-hybridized carbons (Fsp3) is 0.500. The molecular formula is C10H14N2O. The van der Waals surface area contributed by atoms with E-state index < -0.39 is 0 Å². The average molecular weight is 178 g/mol. The first-order valence-electron chi connectivity index (χ1n) is 4.70. The summed E-state index contributed by atoms with van der Waals surface area (Å²) in [7, 11) is 1.83. The van der Waals surface area contributed by atoms with Gasteiger partial charge in [0.1, 0.15) is 5.82 Å². The van der Waals surface area contributed by atoms with Crippen molar-refractivity contribution >= 4 is 5.82 Å². The van der Waals surface area contributed by atoms with Crippen LogP contribution in [0.15, 0.2) is 23.0 Å². The predicted octanol–water partition coefficient (Wildman–Crippen LogP) is 0.985. The van der Waals surface area contributed by atoms with Crippen LogP contribution in [-0.4, -0.2) is 17.7 Å². The largest absolute Gasteiger partial charge is 0.358 e. The van der Waals surface area contributed by atoms with Crippen LogP contribution in [0.25, 0.3) is 0 Å². The summed E-state index contributed by atoms with van der Waals surface area (Å²) in [4.78, 5) is 13.6. The highest BCUT2D eigenvalue weighted by Gasteiger charge is 2.14. The summed E-state index contributed by atoms with van der Waals surface area (Å²) in [6.45, 7) is 2.16. The smallest absolute Gasteiger partial charge is 0.251 e. The molecular weight excluding hydrogens is 164 g/mol. The van der Waals surface area contributed by atoms with Gasteiger partial charge in [0, 0.05) is 26.2 Å². The Balaban J connectivity index is 2.39. The average Bonchev–Trinajstić information content (AvgIpc) is 2.62. The molecule has 0 aromatic carbocycles. The number of aromatic nitrogens is 1. The van der Waals surface area contributed by atoms with Crippen molar-refractivity contribution in [3.8, 4) is 0 Å². The Labute approximate surface area is 77.6 Å². The van der Waals surface area contributed by atoms with E-state index in [0.29, 0.717) is 0 Å². The van der Waals surface area contributed by atoms with Crippen molar-refractivity contribution in [2.45, 2.75) is 12.8 Å². The zero-order valence-electron chi connectivity index (χ0n) is 7.86. The molecule has 2 heterocycles. The van der Waals surface area contributed by atoms with Gasteiger partial charge in [0.15, 0.2) is 0 Å². The summed E-state index contributed by atoms with van der Waals surface area (Å²) in [5, 5.41) is 0. The van der Waals surface area contributed by atoms with E-state index in [1.165, 1.54) is 12.8 Å². The Bertz CT molecular complexity index is 350. The third kappa shape index (κ3) is 1.46. The third-order valence-corrected chi connectivity index (χ3v) is 2.59. The quantitative estimate of drug-likeness (QED) is 0.640. The van der Waals surface area contributed by atoms with Crippen molar-refractivity contribution in [2.75, 3.05) is 18.0 Å². The van der Waals surface area contributed by atoms with Gasteiger partial charge in [-0.05, 0) is 18.9 Å². The molecule has 1 aromatic rings. The van der Waals surface area contributed by atoms with Crippen LogP contribution in [0.1, 0.15) is 12.8 Å². The molecule has 1 aromatic heterocycles. The van der Waals surface area contributed by atoms with Gasteiger partial charge in [0.05, 0.1) is 0 Å². The minimum Gasteiger partial charge on any atom is -0.358 e. The number of pyridine rings is 1. The van der Waals surface area contributed by atoms with E-state index in [2.05, 4.69) is 4.90 Å². The van der Waals surface area contributed by atoms with Gasteiger partial charge >= 0.3 is 0 Å². The maximum atomic E-state index is 11.3. The maximum Gasteiger partial charge on any atom is 0.251 e. The molecule has 0 spiro atoms. The minimum absolute atomic E-state index is 0.0735. The van der Waals surface area contributed by atoms with E-state index in [4.69, 9.17) is 0 Å². The lowest BCUT2D eigenvalue weighted by atomic mass is 10.4. The summed E-state index contributed by atoms with van der Waals surface area (Å²) in [6.07, 6.45) is 2.48. The molecule has 1 aliphatic rings. The molecule has 1 fully saturated rings. The Hall–Kier alpha value is -1.25. The Kier molecular flexibility index (Phi) is 2.08. The Morgan fingerprint density at radius 3 is 2.62 bits per heavy atom. The van der Waals surface area contributed by atoms with Crippen LogP contribution in [0.5, 0.6) is 0 Å². The van der Waals surface area contributed by atoms with E-state index in [1.54, 1.807) is 10.6 Å². The SMILES string of the molecule is Cn1c(N2CCCC2)cccc1=O. The second kappa shape index (κ2) is 3.24. The van der Waals surface area contributed by atoms with Gasteiger partial charge in [0.25, 0.3) is 5.56 Å². The lowest BCUT2D eigenvalue weighted by Crippen LogP contribution is -2.27. The van der Waals surface area contributed by atoms with Crippen LogP contribution in [0.3, 0.4) is 0 Å². The highest BCUT2D eigenvalue weighted by atomic mass is 16.1. The van der Waals surface area contributed by atoms with Gasteiger partial charge in [-0.1, -0.05) is 6.07 Å². The van der Waals surface area contributed by atoms with Crippen LogP contribution >= 0.6 is 0 Å². The Morgan fingerprint density at radius 1 is 1.23 bits per heavy atom. The van der Waals surface area contributed by atoms with Crippen LogP contribution in [0.2, 0.25) is 0 Å². The topological polar surface area (TPSA) is 25.2 Å². The standard InChI is InChI=1S/C10H14N2O/c1-11-9(5-4-6-10(11)13)12-7-2-3-8-12/h4-6H,2-3,7-8H2,1H3. The molecule has 70 valence electrons. The van der Waals surface area contributed by atoms with Gasteiger partial charge in [-0.25, -0.2) is 0 Å². The molecule has 0 bridgehead atoms. The van der Waals surface area contributed by atoms with E-state index in [1.807, 2.05) is 19.2 Å². The van der Waals surface area contributed by atoms with Crippen molar-refractivity contribution in [1.29, 1.82) is 0 Å². The van der Waals surface area contributed by atoms with Crippen LogP contribution in [-0.2, 0) is 7.05 Å². The van der Waals surface area contributed by atoms with Crippen LogP contribution < -0.4 is 10.5 Å². The molecule has 13 heavy (non-hydrogen) atoms. The van der Waals surface area contributed by atoms with Gasteiger partial charge in [-0.15, -0.1) is 0 Å².